The van der Waals surface area contributed by atoms with E-state index in [-0.39, 0.29) is 0 Å². The number of ether oxygens (including phenoxy) is 1. The van der Waals surface area contributed by atoms with Crippen molar-refractivity contribution in [2.45, 2.75) is 54.9 Å². The van der Waals surface area contributed by atoms with Crippen LogP contribution >= 0.6 is 11.8 Å². The fourth-order valence-corrected chi connectivity index (χ4v) is 4.42. The van der Waals surface area contributed by atoms with E-state index < -0.39 is 0 Å². The highest BCUT2D eigenvalue weighted by Crippen LogP contribution is 2.41. The second-order valence-corrected chi connectivity index (χ2v) is 6.65. The Hall–Kier alpha value is 0.270. The zero-order valence-electron chi connectivity index (χ0n) is 9.54. The molecule has 0 amide bonds. The molecule has 0 aromatic carbocycles. The molecule has 88 valence electrons. The first kappa shape index (κ1) is 11.7. The van der Waals surface area contributed by atoms with E-state index in [0.717, 1.165) is 37.9 Å². The monoisotopic (exact) mass is 229 g/mol. The van der Waals surface area contributed by atoms with Gasteiger partial charge in [0.1, 0.15) is 0 Å². The zero-order chi connectivity index (χ0) is 10.6. The molecule has 0 unspecified atom stereocenters. The lowest BCUT2D eigenvalue weighted by Crippen LogP contribution is -2.41. The molecule has 0 atom stereocenters. The van der Waals surface area contributed by atoms with Gasteiger partial charge in [-0.2, -0.15) is 11.8 Å². The minimum atomic E-state index is 0.347. The van der Waals surface area contributed by atoms with Gasteiger partial charge in [-0.3, -0.25) is 0 Å². The predicted molar refractivity (Wildman–Crippen MR) is 66.3 cm³/mol. The summed E-state index contributed by atoms with van der Waals surface area (Å²) in [7, 11) is 0. The summed E-state index contributed by atoms with van der Waals surface area (Å²) in [5.41, 5.74) is 5.98. The largest absolute Gasteiger partial charge is 0.381 e. The number of hydrogen-bond acceptors (Lipinski definition) is 3. The zero-order valence-corrected chi connectivity index (χ0v) is 10.4. The first-order valence-corrected chi connectivity index (χ1v) is 7.18. The molecule has 3 heteroatoms. The third kappa shape index (κ3) is 3.11. The molecule has 2 aliphatic rings. The molecule has 2 N–H and O–H groups in total. The lowest BCUT2D eigenvalue weighted by molar-refractivity contribution is 0.0790. The molecule has 0 aromatic rings. The number of rotatable bonds is 3. The fourth-order valence-electron chi connectivity index (χ4n) is 2.65. The molecule has 15 heavy (non-hydrogen) atoms. The molecule has 2 fully saturated rings. The predicted octanol–water partition coefficient (Wildman–Crippen LogP) is 2.56. The summed E-state index contributed by atoms with van der Waals surface area (Å²) in [5, 5.41) is 0.875. The number of hydrogen-bond donors (Lipinski definition) is 1. The Bertz CT molecular complexity index is 186. The van der Waals surface area contributed by atoms with Crippen LogP contribution in [0.2, 0.25) is 0 Å². The van der Waals surface area contributed by atoms with Crippen molar-refractivity contribution in [2.75, 3.05) is 19.8 Å². The highest BCUT2D eigenvalue weighted by atomic mass is 32.2. The highest BCUT2D eigenvalue weighted by molar-refractivity contribution is 8.01. The molecule has 2 rings (SSSR count). The average molecular weight is 229 g/mol. The Morgan fingerprint density at radius 1 is 1.13 bits per heavy atom. The molecule has 0 bridgehead atoms. The van der Waals surface area contributed by atoms with Gasteiger partial charge in [0.15, 0.2) is 0 Å². The molecule has 1 aliphatic carbocycles. The van der Waals surface area contributed by atoms with Gasteiger partial charge in [-0.25, -0.2) is 0 Å². The standard InChI is InChI=1S/C12H23NOS/c13-10-12(6-8-14-9-7-12)15-11-4-2-1-3-5-11/h11H,1-10,13H2. The van der Waals surface area contributed by atoms with Crippen LogP contribution in [-0.2, 0) is 4.74 Å². The molecule has 1 aliphatic heterocycles. The minimum Gasteiger partial charge on any atom is -0.381 e. The molecule has 0 spiro atoms. The van der Waals surface area contributed by atoms with Gasteiger partial charge in [0.2, 0.25) is 0 Å². The van der Waals surface area contributed by atoms with Gasteiger partial charge in [0.05, 0.1) is 0 Å². The molecule has 1 saturated carbocycles. The third-order valence-electron chi connectivity index (χ3n) is 3.74. The van der Waals surface area contributed by atoms with Crippen molar-refractivity contribution in [1.82, 2.24) is 0 Å². The van der Waals surface area contributed by atoms with Gasteiger partial charge < -0.3 is 10.5 Å². The van der Waals surface area contributed by atoms with Crippen LogP contribution in [0.3, 0.4) is 0 Å². The van der Waals surface area contributed by atoms with E-state index in [1.54, 1.807) is 0 Å². The Labute approximate surface area is 97.3 Å². The van der Waals surface area contributed by atoms with Gasteiger partial charge in [0.25, 0.3) is 0 Å². The van der Waals surface area contributed by atoms with Gasteiger partial charge in [-0.15, -0.1) is 0 Å². The molecular weight excluding hydrogens is 206 g/mol. The maximum atomic E-state index is 5.98. The SMILES string of the molecule is NCC1(SC2CCCCC2)CCOCC1. The lowest BCUT2D eigenvalue weighted by atomic mass is 9.99. The Morgan fingerprint density at radius 3 is 2.40 bits per heavy atom. The van der Waals surface area contributed by atoms with Crippen LogP contribution in [0.4, 0.5) is 0 Å². The first-order valence-electron chi connectivity index (χ1n) is 6.30. The summed E-state index contributed by atoms with van der Waals surface area (Å²) in [4.78, 5) is 0. The maximum absolute atomic E-state index is 5.98. The minimum absolute atomic E-state index is 0.347. The Balaban J connectivity index is 1.87. The maximum Gasteiger partial charge on any atom is 0.0479 e. The number of thioether (sulfide) groups is 1. The first-order chi connectivity index (χ1) is 7.35. The number of nitrogens with two attached hydrogens (primary N) is 1. The van der Waals surface area contributed by atoms with Crippen LogP contribution in [-0.4, -0.2) is 29.8 Å². The van der Waals surface area contributed by atoms with E-state index in [9.17, 15) is 0 Å². The van der Waals surface area contributed by atoms with E-state index in [1.807, 2.05) is 0 Å². The Morgan fingerprint density at radius 2 is 1.80 bits per heavy atom. The molecule has 0 aromatic heterocycles. The van der Waals surface area contributed by atoms with E-state index in [0.29, 0.717) is 4.75 Å². The second-order valence-electron chi connectivity index (χ2n) is 4.88. The fraction of sp³-hybridized carbons (Fsp3) is 1.00. The van der Waals surface area contributed by atoms with E-state index in [1.165, 1.54) is 32.1 Å². The summed E-state index contributed by atoms with van der Waals surface area (Å²) >= 11 is 2.18. The van der Waals surface area contributed by atoms with Gasteiger partial charge in [-0.05, 0) is 25.7 Å². The summed E-state index contributed by atoms with van der Waals surface area (Å²) in [6.45, 7) is 2.66. The summed E-state index contributed by atoms with van der Waals surface area (Å²) in [6.07, 6.45) is 9.43. The van der Waals surface area contributed by atoms with Crippen molar-refractivity contribution in [3.05, 3.63) is 0 Å². The molecule has 0 radical (unpaired) electrons. The van der Waals surface area contributed by atoms with Gasteiger partial charge >= 0.3 is 0 Å². The average Bonchev–Trinajstić information content (AvgIpc) is 2.32. The van der Waals surface area contributed by atoms with Gasteiger partial charge in [0, 0.05) is 29.8 Å². The van der Waals surface area contributed by atoms with Crippen LogP contribution in [0.1, 0.15) is 44.9 Å². The molecule has 1 heterocycles. The molecule has 1 saturated heterocycles. The van der Waals surface area contributed by atoms with Crippen LogP contribution < -0.4 is 5.73 Å². The smallest absolute Gasteiger partial charge is 0.0479 e. The Kier molecular flexibility index (Phi) is 4.35. The normalized spacial score (nSPS) is 27.8. The lowest BCUT2D eigenvalue weighted by Gasteiger charge is -2.39. The quantitative estimate of drug-likeness (QED) is 0.808. The topological polar surface area (TPSA) is 35.2 Å². The van der Waals surface area contributed by atoms with Crippen molar-refractivity contribution in [2.24, 2.45) is 5.73 Å². The van der Waals surface area contributed by atoms with Crippen molar-refractivity contribution < 1.29 is 4.74 Å². The van der Waals surface area contributed by atoms with Crippen LogP contribution in [0.5, 0.6) is 0 Å². The van der Waals surface area contributed by atoms with Crippen LogP contribution in [0.15, 0.2) is 0 Å². The van der Waals surface area contributed by atoms with Gasteiger partial charge in [-0.1, -0.05) is 19.3 Å². The van der Waals surface area contributed by atoms with E-state index in [4.69, 9.17) is 10.5 Å². The summed E-state index contributed by atoms with van der Waals surface area (Å²) < 4.78 is 5.79. The van der Waals surface area contributed by atoms with E-state index in [2.05, 4.69) is 11.8 Å². The van der Waals surface area contributed by atoms with Crippen molar-refractivity contribution in [3.63, 3.8) is 0 Å². The van der Waals surface area contributed by atoms with E-state index >= 15 is 0 Å². The summed E-state index contributed by atoms with van der Waals surface area (Å²) in [5.74, 6) is 0. The molecular formula is C12H23NOS. The summed E-state index contributed by atoms with van der Waals surface area (Å²) in [6, 6.07) is 0. The molecule has 2 nitrogen and oxygen atoms in total. The van der Waals surface area contributed by atoms with Crippen molar-refractivity contribution in [3.8, 4) is 0 Å². The van der Waals surface area contributed by atoms with Crippen molar-refractivity contribution >= 4 is 11.8 Å². The van der Waals surface area contributed by atoms with Crippen LogP contribution in [0.25, 0.3) is 0 Å². The van der Waals surface area contributed by atoms with Crippen molar-refractivity contribution in [1.29, 1.82) is 0 Å². The third-order valence-corrected chi connectivity index (χ3v) is 5.62. The second kappa shape index (κ2) is 5.55. The highest BCUT2D eigenvalue weighted by Gasteiger charge is 2.34. The van der Waals surface area contributed by atoms with Crippen LogP contribution in [0, 0.1) is 0 Å².